The Labute approximate surface area is 62.6 Å². The van der Waals surface area contributed by atoms with Crippen molar-refractivity contribution < 1.29 is 0 Å². The number of nitrogens with zero attached hydrogens (tertiary/aromatic N) is 1. The van der Waals surface area contributed by atoms with E-state index in [4.69, 9.17) is 0 Å². The van der Waals surface area contributed by atoms with Crippen molar-refractivity contribution in [1.29, 1.82) is 0 Å². The van der Waals surface area contributed by atoms with E-state index in [1.54, 1.807) is 0 Å². The Kier molecular flexibility index (Phi) is 1.91. The number of hydrogen-bond donors (Lipinski definition) is 1. The maximum absolute atomic E-state index is 3.46. The largest absolute Gasteiger partial charge is 0.296 e. The molecule has 0 atom stereocenters. The second-order valence-corrected chi connectivity index (χ2v) is 3.17. The number of hydrogen-bond acceptors (Lipinski definition) is 2. The van der Waals surface area contributed by atoms with E-state index in [2.05, 4.69) is 10.2 Å². The van der Waals surface area contributed by atoms with Gasteiger partial charge in [0.25, 0.3) is 0 Å². The van der Waals surface area contributed by atoms with Gasteiger partial charge in [0.15, 0.2) is 0 Å². The molecule has 0 aliphatic carbocycles. The summed E-state index contributed by atoms with van der Waals surface area (Å²) in [4.78, 5) is 2.51. The molecule has 0 bridgehead atoms. The summed E-state index contributed by atoms with van der Waals surface area (Å²) in [5, 5.41) is 3.46. The molecular weight excluding hydrogens is 124 g/mol. The third-order valence-corrected chi connectivity index (χ3v) is 2.41. The van der Waals surface area contributed by atoms with Crippen molar-refractivity contribution in [1.82, 2.24) is 10.2 Å². The lowest BCUT2D eigenvalue weighted by Gasteiger charge is -2.38. The fourth-order valence-electron chi connectivity index (χ4n) is 1.84. The minimum atomic E-state index is 1.20. The van der Waals surface area contributed by atoms with Crippen LogP contribution in [0.4, 0.5) is 0 Å². The third kappa shape index (κ3) is 1.18. The Balaban J connectivity index is 1.93. The van der Waals surface area contributed by atoms with Gasteiger partial charge in [0.1, 0.15) is 6.17 Å². The van der Waals surface area contributed by atoms with Crippen LogP contribution in [0, 0.1) is 6.17 Å². The van der Waals surface area contributed by atoms with Crippen LogP contribution < -0.4 is 5.32 Å². The van der Waals surface area contributed by atoms with E-state index in [0.29, 0.717) is 0 Å². The van der Waals surface area contributed by atoms with E-state index < -0.39 is 0 Å². The van der Waals surface area contributed by atoms with Crippen LogP contribution in [-0.4, -0.2) is 24.5 Å². The first-order valence-electron chi connectivity index (χ1n) is 4.31. The molecule has 10 heavy (non-hydrogen) atoms. The summed E-state index contributed by atoms with van der Waals surface area (Å²) in [6.45, 7) is 3.79. The van der Waals surface area contributed by atoms with Crippen molar-refractivity contribution in [2.45, 2.75) is 25.7 Å². The van der Waals surface area contributed by atoms with Gasteiger partial charge in [-0.15, -0.1) is 0 Å². The van der Waals surface area contributed by atoms with Crippen LogP contribution in [0.5, 0.6) is 0 Å². The zero-order valence-corrected chi connectivity index (χ0v) is 6.40. The van der Waals surface area contributed by atoms with E-state index in [-0.39, 0.29) is 0 Å². The average molecular weight is 139 g/mol. The average Bonchev–Trinajstić information content (AvgIpc) is 2.05. The Morgan fingerprint density at radius 3 is 2.90 bits per heavy atom. The molecule has 2 saturated heterocycles. The molecule has 0 unspecified atom stereocenters. The van der Waals surface area contributed by atoms with E-state index in [9.17, 15) is 0 Å². The summed E-state index contributed by atoms with van der Waals surface area (Å²) < 4.78 is 0. The molecule has 1 N–H and O–H groups in total. The van der Waals surface area contributed by atoms with Crippen LogP contribution in [0.3, 0.4) is 0 Å². The zero-order chi connectivity index (χ0) is 6.81. The highest BCUT2D eigenvalue weighted by atomic mass is 15.3. The van der Waals surface area contributed by atoms with Gasteiger partial charge >= 0.3 is 0 Å². The molecule has 2 rings (SSSR count). The summed E-state index contributed by atoms with van der Waals surface area (Å²) >= 11 is 0. The first kappa shape index (κ1) is 6.62. The fourth-order valence-corrected chi connectivity index (χ4v) is 1.84. The van der Waals surface area contributed by atoms with Gasteiger partial charge in [0.2, 0.25) is 0 Å². The highest BCUT2D eigenvalue weighted by Gasteiger charge is 2.24. The molecule has 0 spiro atoms. The monoisotopic (exact) mass is 139 g/mol. The molecule has 1 radical (unpaired) electrons. The Bertz CT molecular complexity index is 87.8. The molecule has 0 aromatic carbocycles. The second kappa shape index (κ2) is 2.89. The highest BCUT2D eigenvalue weighted by molar-refractivity contribution is 4.93. The van der Waals surface area contributed by atoms with E-state index in [1.165, 1.54) is 51.5 Å². The molecule has 2 aliphatic rings. The molecule has 0 amide bonds. The fraction of sp³-hybridized carbons (Fsp3) is 0.875. The molecule has 2 aliphatic heterocycles. The van der Waals surface area contributed by atoms with Crippen LogP contribution in [0.15, 0.2) is 0 Å². The van der Waals surface area contributed by atoms with Crippen molar-refractivity contribution in [2.24, 2.45) is 0 Å². The minimum absolute atomic E-state index is 1.20. The number of nitrogens with one attached hydrogen (secondary N) is 1. The van der Waals surface area contributed by atoms with Crippen LogP contribution in [0.25, 0.3) is 0 Å². The number of fused-ring (bicyclic) bond motifs is 1. The smallest absolute Gasteiger partial charge is 0.104 e. The third-order valence-electron chi connectivity index (χ3n) is 2.41. The molecule has 0 aromatic rings. The molecule has 2 heterocycles. The van der Waals surface area contributed by atoms with Crippen LogP contribution in [-0.2, 0) is 0 Å². The van der Waals surface area contributed by atoms with E-state index >= 15 is 0 Å². The predicted molar refractivity (Wildman–Crippen MR) is 41.3 cm³/mol. The van der Waals surface area contributed by atoms with Crippen molar-refractivity contribution in [3.8, 4) is 0 Å². The van der Waals surface area contributed by atoms with Gasteiger partial charge in [-0.05, 0) is 38.8 Å². The summed E-state index contributed by atoms with van der Waals surface area (Å²) in [5.74, 6) is 0. The van der Waals surface area contributed by atoms with Crippen molar-refractivity contribution >= 4 is 0 Å². The molecule has 0 saturated carbocycles. The minimum Gasteiger partial charge on any atom is -0.296 e. The summed E-state index contributed by atoms with van der Waals surface area (Å²) in [7, 11) is 0. The Morgan fingerprint density at radius 2 is 2.00 bits per heavy atom. The van der Waals surface area contributed by atoms with E-state index in [0.717, 1.165) is 0 Å². The maximum Gasteiger partial charge on any atom is 0.104 e. The van der Waals surface area contributed by atoms with Gasteiger partial charge in [-0.3, -0.25) is 10.2 Å². The van der Waals surface area contributed by atoms with Crippen LogP contribution in [0.1, 0.15) is 25.7 Å². The van der Waals surface area contributed by atoms with Crippen molar-refractivity contribution in [3.63, 3.8) is 0 Å². The second-order valence-electron chi connectivity index (χ2n) is 3.17. The number of piperidine rings is 1. The van der Waals surface area contributed by atoms with E-state index in [1.807, 2.05) is 0 Å². The lowest BCUT2D eigenvalue weighted by molar-refractivity contribution is 0.173. The first-order valence-corrected chi connectivity index (χ1v) is 4.31. The van der Waals surface area contributed by atoms with Gasteiger partial charge < -0.3 is 0 Å². The summed E-state index contributed by atoms with van der Waals surface area (Å²) in [5.41, 5.74) is 0. The standard InChI is InChI=1S/C8H15N2/c1-2-6-10-7-3-5-9-8(10)4-1/h9H,1-7H2. The van der Waals surface area contributed by atoms with Crippen molar-refractivity contribution in [2.75, 3.05) is 19.6 Å². The number of rotatable bonds is 0. The first-order chi connectivity index (χ1) is 4.97. The summed E-state index contributed by atoms with van der Waals surface area (Å²) in [6, 6.07) is 0. The maximum atomic E-state index is 3.46. The van der Waals surface area contributed by atoms with Gasteiger partial charge in [-0.25, -0.2) is 0 Å². The normalized spacial score (nSPS) is 30.0. The molecule has 2 heteroatoms. The topological polar surface area (TPSA) is 15.3 Å². The lowest BCUT2D eigenvalue weighted by atomic mass is 10.1. The van der Waals surface area contributed by atoms with Gasteiger partial charge in [0, 0.05) is 6.54 Å². The molecule has 2 fully saturated rings. The van der Waals surface area contributed by atoms with Crippen LogP contribution >= 0.6 is 0 Å². The molecular formula is C8H15N2. The zero-order valence-electron chi connectivity index (χ0n) is 6.40. The van der Waals surface area contributed by atoms with Crippen molar-refractivity contribution in [3.05, 3.63) is 6.17 Å². The highest BCUT2D eigenvalue weighted by Crippen LogP contribution is 2.22. The SMILES string of the molecule is C1CCN2CCCN[C]2C1. The summed E-state index contributed by atoms with van der Waals surface area (Å²) in [6.07, 6.45) is 6.91. The Morgan fingerprint density at radius 1 is 1.10 bits per heavy atom. The quantitative estimate of drug-likeness (QED) is 0.537. The Hall–Kier alpha value is -0.0800. The van der Waals surface area contributed by atoms with Gasteiger partial charge in [0.05, 0.1) is 0 Å². The lowest BCUT2D eigenvalue weighted by Crippen LogP contribution is -2.47. The predicted octanol–water partition coefficient (Wildman–Crippen LogP) is 0.955. The molecule has 57 valence electrons. The van der Waals surface area contributed by atoms with Gasteiger partial charge in [-0.2, -0.15) is 0 Å². The molecule has 2 nitrogen and oxygen atoms in total. The van der Waals surface area contributed by atoms with Gasteiger partial charge in [-0.1, -0.05) is 0 Å². The molecule has 0 aromatic heterocycles. The van der Waals surface area contributed by atoms with Crippen LogP contribution in [0.2, 0.25) is 0 Å².